The van der Waals surface area contributed by atoms with Crippen molar-refractivity contribution in [3.05, 3.63) is 192 Å². The molecule has 1 aromatic heterocycles. The molecule has 46 heavy (non-hydrogen) atoms. The van der Waals surface area contributed by atoms with Gasteiger partial charge in [-0.2, -0.15) is 0 Å². The minimum atomic E-state index is -0.785. The number of nitrogens with zero attached hydrogens (tertiary/aromatic N) is 1. The lowest BCUT2D eigenvalue weighted by molar-refractivity contribution is 0.434. The maximum Gasteiger partial charge on any atom is 0.132 e. The van der Waals surface area contributed by atoms with Gasteiger partial charge in [-0.25, -0.2) is 0 Å². The smallest absolute Gasteiger partial charge is 0.132 e. The average molecular weight is 606 g/mol. The van der Waals surface area contributed by atoms with E-state index in [1.165, 1.54) is 65.7 Å². The molecule has 0 aliphatic carbocycles. The summed E-state index contributed by atoms with van der Waals surface area (Å²) in [4.78, 5) is 0. The topological polar surface area (TPSA) is 14.2 Å². The van der Waals surface area contributed by atoms with Gasteiger partial charge < -0.3 is 9.30 Å². The first kappa shape index (κ1) is 25.9. The first-order valence-corrected chi connectivity index (χ1v) is 17.1. The first-order valence-electron chi connectivity index (χ1n) is 15.8. The molecule has 0 amide bonds. The summed E-state index contributed by atoms with van der Waals surface area (Å²) in [5.74, 6) is 1.83. The molecule has 0 N–H and O–H groups in total. The number of aromatic nitrogens is 1. The van der Waals surface area contributed by atoms with Crippen molar-refractivity contribution < 1.29 is 4.74 Å². The molecule has 3 heterocycles. The van der Waals surface area contributed by atoms with Crippen LogP contribution in [0.3, 0.4) is 0 Å². The highest BCUT2D eigenvalue weighted by Crippen LogP contribution is 2.60. The third-order valence-corrected chi connectivity index (χ3v) is 12.2. The number of hydrogen-bond acceptors (Lipinski definition) is 1. The molecule has 0 saturated heterocycles. The van der Waals surface area contributed by atoms with E-state index in [1.807, 2.05) is 0 Å². The van der Waals surface area contributed by atoms with Gasteiger partial charge in [-0.1, -0.05) is 146 Å². The third kappa shape index (κ3) is 3.40. The van der Waals surface area contributed by atoms with E-state index in [-0.39, 0.29) is 0 Å². The van der Waals surface area contributed by atoms with Gasteiger partial charge in [0.1, 0.15) is 11.5 Å². The summed E-state index contributed by atoms with van der Waals surface area (Å²) in [7, 11) is -0.785. The Morgan fingerprint density at radius 1 is 0.435 bits per heavy atom. The zero-order valence-corrected chi connectivity index (χ0v) is 25.9. The molecular formula is C43H28NOP. The Balaban J connectivity index is 1.31. The molecule has 8 aromatic rings. The molecule has 1 atom stereocenters. The molecule has 0 fully saturated rings. The predicted octanol–water partition coefficient (Wildman–Crippen LogP) is 9.34. The summed E-state index contributed by atoms with van der Waals surface area (Å²) in [5.41, 5.74) is 8.10. The predicted molar refractivity (Wildman–Crippen MR) is 191 cm³/mol. The number of fused-ring (bicyclic) bond motifs is 11. The zero-order chi connectivity index (χ0) is 30.2. The minimum absolute atomic E-state index is 0.550. The maximum absolute atomic E-state index is 6.93. The van der Waals surface area contributed by atoms with Gasteiger partial charge in [0, 0.05) is 21.9 Å². The van der Waals surface area contributed by atoms with E-state index in [4.69, 9.17) is 4.74 Å². The molecule has 2 nitrogen and oxygen atoms in total. The lowest BCUT2D eigenvalue weighted by Gasteiger charge is -2.45. The van der Waals surface area contributed by atoms with Crippen LogP contribution in [-0.2, 0) is 5.41 Å². The molecule has 0 radical (unpaired) electrons. The summed E-state index contributed by atoms with van der Waals surface area (Å²) >= 11 is 0. The van der Waals surface area contributed by atoms with E-state index >= 15 is 0 Å². The van der Waals surface area contributed by atoms with Crippen LogP contribution in [0, 0.1) is 0 Å². The van der Waals surface area contributed by atoms with Crippen LogP contribution < -0.4 is 20.7 Å². The van der Waals surface area contributed by atoms with Crippen LogP contribution in [0.15, 0.2) is 170 Å². The lowest BCUT2D eigenvalue weighted by Crippen LogP contribution is -2.38. The second-order valence-corrected chi connectivity index (χ2v) is 14.3. The first-order chi connectivity index (χ1) is 22.8. The SMILES string of the molecule is c1ccc(P(c2ccccc2)c2ccc3c(c2)Oc2ccccc2C32c3ccccc3-n3c4ccccc4c4cccc2c43)cc1. The van der Waals surface area contributed by atoms with Gasteiger partial charge in [0.05, 0.1) is 22.1 Å². The monoisotopic (exact) mass is 605 g/mol. The fourth-order valence-corrected chi connectivity index (χ4v) is 10.4. The number of rotatable bonds is 3. The number of benzene rings is 7. The molecule has 216 valence electrons. The number of ether oxygens (including phenoxy) is 1. The second-order valence-electron chi connectivity index (χ2n) is 12.1. The molecule has 7 aromatic carbocycles. The quantitative estimate of drug-likeness (QED) is 0.183. The van der Waals surface area contributed by atoms with E-state index in [2.05, 4.69) is 174 Å². The fraction of sp³-hybridized carbons (Fsp3) is 0.0233. The van der Waals surface area contributed by atoms with Crippen molar-refractivity contribution in [3.8, 4) is 17.2 Å². The van der Waals surface area contributed by atoms with Gasteiger partial charge >= 0.3 is 0 Å². The Morgan fingerprint density at radius 2 is 1.04 bits per heavy atom. The van der Waals surface area contributed by atoms with Crippen LogP contribution in [0.5, 0.6) is 11.5 Å². The Kier molecular flexibility index (Phi) is 5.50. The summed E-state index contributed by atoms with van der Waals surface area (Å²) in [6, 6.07) is 62.1. The van der Waals surface area contributed by atoms with Gasteiger partial charge in [-0.3, -0.25) is 0 Å². The molecule has 0 bridgehead atoms. The lowest BCUT2D eigenvalue weighted by atomic mass is 9.62. The fourth-order valence-electron chi connectivity index (χ4n) is 8.06. The Morgan fingerprint density at radius 3 is 1.85 bits per heavy atom. The van der Waals surface area contributed by atoms with Crippen LogP contribution >= 0.6 is 7.92 Å². The highest BCUT2D eigenvalue weighted by Gasteiger charge is 2.50. The molecule has 1 spiro atoms. The van der Waals surface area contributed by atoms with Crippen LogP contribution in [0.1, 0.15) is 22.3 Å². The molecule has 2 aliphatic heterocycles. The third-order valence-electron chi connectivity index (χ3n) is 9.81. The number of hydrogen-bond donors (Lipinski definition) is 0. The van der Waals surface area contributed by atoms with Crippen molar-refractivity contribution in [2.75, 3.05) is 0 Å². The molecule has 10 rings (SSSR count). The van der Waals surface area contributed by atoms with Crippen molar-refractivity contribution in [3.63, 3.8) is 0 Å². The van der Waals surface area contributed by atoms with Gasteiger partial charge in [0.15, 0.2) is 0 Å². The van der Waals surface area contributed by atoms with Gasteiger partial charge in [0.2, 0.25) is 0 Å². The molecule has 0 saturated carbocycles. The van der Waals surface area contributed by atoms with Gasteiger partial charge in [-0.05, 0) is 59.2 Å². The van der Waals surface area contributed by atoms with E-state index in [9.17, 15) is 0 Å². The molecular weight excluding hydrogens is 577 g/mol. The van der Waals surface area contributed by atoms with Gasteiger partial charge in [0.25, 0.3) is 0 Å². The number of para-hydroxylation sites is 4. The van der Waals surface area contributed by atoms with Crippen molar-refractivity contribution >= 4 is 45.6 Å². The van der Waals surface area contributed by atoms with Crippen LogP contribution in [-0.4, -0.2) is 4.57 Å². The minimum Gasteiger partial charge on any atom is -0.457 e. The normalized spacial score (nSPS) is 15.8. The van der Waals surface area contributed by atoms with E-state index < -0.39 is 13.3 Å². The van der Waals surface area contributed by atoms with Crippen LogP contribution in [0.2, 0.25) is 0 Å². The van der Waals surface area contributed by atoms with Crippen molar-refractivity contribution in [2.24, 2.45) is 0 Å². The molecule has 2 aliphatic rings. The Bertz CT molecular complexity index is 2420. The zero-order valence-electron chi connectivity index (χ0n) is 25.0. The van der Waals surface area contributed by atoms with Crippen molar-refractivity contribution in [1.82, 2.24) is 4.57 Å². The standard InChI is InChI=1S/C43H28NOP/c1-3-14-29(15-4-1)46(30-16-5-2-6-17-30)31-26-27-36-41(28-31)45-40-25-12-9-21-35(40)43(36)34-20-8-11-24-39(34)44-38-23-10-7-18-32(38)33-19-13-22-37(43)42(33)44/h1-28H. The molecule has 1 unspecified atom stereocenters. The second kappa shape index (κ2) is 9.78. The Labute approximate surface area is 268 Å². The van der Waals surface area contributed by atoms with Gasteiger partial charge in [-0.15, -0.1) is 0 Å². The highest BCUT2D eigenvalue weighted by molar-refractivity contribution is 7.79. The van der Waals surface area contributed by atoms with E-state index in [0.717, 1.165) is 11.5 Å². The summed E-state index contributed by atoms with van der Waals surface area (Å²) in [6.07, 6.45) is 0. The summed E-state index contributed by atoms with van der Waals surface area (Å²) in [5, 5.41) is 6.48. The largest absolute Gasteiger partial charge is 0.457 e. The van der Waals surface area contributed by atoms with Crippen molar-refractivity contribution in [1.29, 1.82) is 0 Å². The maximum atomic E-state index is 6.93. The summed E-state index contributed by atoms with van der Waals surface area (Å²) in [6.45, 7) is 0. The molecule has 3 heteroatoms. The van der Waals surface area contributed by atoms with Crippen LogP contribution in [0.4, 0.5) is 0 Å². The van der Waals surface area contributed by atoms with Crippen LogP contribution in [0.25, 0.3) is 27.5 Å². The Hall–Kier alpha value is -5.43. The summed E-state index contributed by atoms with van der Waals surface area (Å²) < 4.78 is 9.41. The van der Waals surface area contributed by atoms with E-state index in [0.29, 0.717) is 0 Å². The average Bonchev–Trinajstić information content (AvgIpc) is 3.46. The van der Waals surface area contributed by atoms with Crippen molar-refractivity contribution in [2.45, 2.75) is 5.41 Å². The van der Waals surface area contributed by atoms with E-state index in [1.54, 1.807) is 0 Å². The highest BCUT2D eigenvalue weighted by atomic mass is 31.1.